The molecule has 0 fully saturated rings. The van der Waals surface area contributed by atoms with Crippen LogP contribution in [0.25, 0.3) is 11.4 Å². The maximum absolute atomic E-state index is 8.85. The number of thiol groups is 1. The minimum Gasteiger partial charge on any atom is -0.305 e. The van der Waals surface area contributed by atoms with Gasteiger partial charge < -0.3 is 4.57 Å². The van der Waals surface area contributed by atoms with E-state index in [4.69, 9.17) is 5.26 Å². The molecule has 0 spiro atoms. The van der Waals surface area contributed by atoms with Crippen molar-refractivity contribution in [2.24, 2.45) is 7.05 Å². The van der Waals surface area contributed by atoms with Gasteiger partial charge in [-0.3, -0.25) is 0 Å². The second kappa shape index (κ2) is 4.28. The van der Waals surface area contributed by atoms with E-state index in [1.54, 1.807) is 16.7 Å². The molecule has 6 heteroatoms. The Hall–Kier alpha value is -1.32. The Morgan fingerprint density at radius 1 is 1.44 bits per heavy atom. The molecular formula is C10H7BrN4S. The highest BCUT2D eigenvalue weighted by molar-refractivity contribution is 9.10. The highest BCUT2D eigenvalue weighted by Crippen LogP contribution is 2.28. The fourth-order valence-corrected chi connectivity index (χ4v) is 1.89. The van der Waals surface area contributed by atoms with Gasteiger partial charge in [-0.05, 0) is 18.2 Å². The summed E-state index contributed by atoms with van der Waals surface area (Å²) < 4.78 is 2.63. The molecule has 80 valence electrons. The molecule has 0 unspecified atom stereocenters. The van der Waals surface area contributed by atoms with Crippen LogP contribution in [0.5, 0.6) is 0 Å². The zero-order valence-electron chi connectivity index (χ0n) is 8.35. The van der Waals surface area contributed by atoms with Crippen molar-refractivity contribution in [1.82, 2.24) is 14.8 Å². The summed E-state index contributed by atoms with van der Waals surface area (Å²) in [5.74, 6) is 0.675. The van der Waals surface area contributed by atoms with E-state index in [9.17, 15) is 0 Å². The van der Waals surface area contributed by atoms with Gasteiger partial charge in [0.15, 0.2) is 11.0 Å². The van der Waals surface area contributed by atoms with Crippen LogP contribution in [-0.2, 0) is 7.05 Å². The lowest BCUT2D eigenvalue weighted by molar-refractivity contribution is 0.798. The second-order valence-corrected chi connectivity index (χ2v) is 4.44. The highest BCUT2D eigenvalue weighted by atomic mass is 79.9. The zero-order valence-corrected chi connectivity index (χ0v) is 10.8. The van der Waals surface area contributed by atoms with Crippen LogP contribution in [0.3, 0.4) is 0 Å². The second-order valence-electron chi connectivity index (χ2n) is 3.19. The third kappa shape index (κ3) is 1.84. The van der Waals surface area contributed by atoms with Gasteiger partial charge >= 0.3 is 0 Å². The van der Waals surface area contributed by atoms with Gasteiger partial charge in [0.25, 0.3) is 0 Å². The minimum atomic E-state index is 0.532. The van der Waals surface area contributed by atoms with Crippen LogP contribution in [0.15, 0.2) is 27.8 Å². The summed E-state index contributed by atoms with van der Waals surface area (Å²) in [6.45, 7) is 0. The smallest absolute Gasteiger partial charge is 0.188 e. The van der Waals surface area contributed by atoms with Crippen molar-refractivity contribution >= 4 is 28.6 Å². The largest absolute Gasteiger partial charge is 0.305 e. The Kier molecular flexibility index (Phi) is 2.99. The number of hydrogen-bond acceptors (Lipinski definition) is 4. The first-order valence-corrected chi connectivity index (χ1v) is 5.66. The third-order valence-electron chi connectivity index (χ3n) is 2.19. The molecule has 0 aliphatic heterocycles. The Labute approximate surface area is 106 Å². The molecule has 0 amide bonds. The maximum atomic E-state index is 8.85. The van der Waals surface area contributed by atoms with Gasteiger partial charge in [0, 0.05) is 17.1 Å². The van der Waals surface area contributed by atoms with Crippen molar-refractivity contribution in [3.8, 4) is 17.5 Å². The summed E-state index contributed by atoms with van der Waals surface area (Å²) in [7, 11) is 1.82. The van der Waals surface area contributed by atoms with E-state index in [0.29, 0.717) is 16.5 Å². The molecule has 4 nitrogen and oxygen atoms in total. The molecule has 0 bridgehead atoms. The monoisotopic (exact) mass is 294 g/mol. The summed E-state index contributed by atoms with van der Waals surface area (Å²) in [6.07, 6.45) is 0. The van der Waals surface area contributed by atoms with E-state index in [0.717, 1.165) is 10.0 Å². The SMILES string of the molecule is Cn1c(S)nnc1-c1cc(C#N)ccc1Br. The molecule has 1 aromatic carbocycles. The predicted molar refractivity (Wildman–Crippen MR) is 66.1 cm³/mol. The van der Waals surface area contributed by atoms with Crippen LogP contribution in [-0.4, -0.2) is 14.8 Å². The molecule has 0 atom stereocenters. The summed E-state index contributed by atoms with van der Waals surface area (Å²) in [6, 6.07) is 7.42. The number of nitriles is 1. The van der Waals surface area contributed by atoms with Crippen molar-refractivity contribution in [1.29, 1.82) is 5.26 Å². The lowest BCUT2D eigenvalue weighted by atomic mass is 10.1. The lowest BCUT2D eigenvalue weighted by Gasteiger charge is -2.04. The topological polar surface area (TPSA) is 54.5 Å². The summed E-state index contributed by atoms with van der Waals surface area (Å²) in [5, 5.41) is 17.3. The van der Waals surface area contributed by atoms with Crippen molar-refractivity contribution < 1.29 is 0 Å². The van der Waals surface area contributed by atoms with Crippen molar-refractivity contribution in [3.63, 3.8) is 0 Å². The average Bonchev–Trinajstić information content (AvgIpc) is 2.61. The first kappa shape index (κ1) is 11.2. The molecule has 0 radical (unpaired) electrons. The van der Waals surface area contributed by atoms with Crippen molar-refractivity contribution in [2.45, 2.75) is 5.16 Å². The van der Waals surface area contributed by atoms with E-state index >= 15 is 0 Å². The summed E-state index contributed by atoms with van der Waals surface area (Å²) in [4.78, 5) is 0. The number of nitrogens with zero attached hydrogens (tertiary/aromatic N) is 4. The lowest BCUT2D eigenvalue weighted by Crippen LogP contribution is -1.94. The first-order chi connectivity index (χ1) is 7.63. The summed E-state index contributed by atoms with van der Waals surface area (Å²) >= 11 is 7.59. The molecule has 0 N–H and O–H groups in total. The van der Waals surface area contributed by atoms with Crippen LogP contribution in [0.4, 0.5) is 0 Å². The van der Waals surface area contributed by atoms with Gasteiger partial charge in [-0.2, -0.15) is 5.26 Å². The van der Waals surface area contributed by atoms with Crippen molar-refractivity contribution in [3.05, 3.63) is 28.2 Å². The Morgan fingerprint density at radius 3 is 2.75 bits per heavy atom. The molecule has 0 aliphatic carbocycles. The van der Waals surface area contributed by atoms with E-state index in [1.807, 2.05) is 13.1 Å². The number of rotatable bonds is 1. The van der Waals surface area contributed by atoms with Gasteiger partial charge in [-0.15, -0.1) is 22.8 Å². The molecule has 0 aliphatic rings. The van der Waals surface area contributed by atoms with Gasteiger partial charge in [0.2, 0.25) is 0 Å². The molecule has 0 saturated heterocycles. The summed E-state index contributed by atoms with van der Waals surface area (Å²) in [5.41, 5.74) is 1.41. The van der Waals surface area contributed by atoms with Crippen molar-refractivity contribution in [2.75, 3.05) is 0 Å². The number of benzene rings is 1. The number of halogens is 1. The number of hydrogen-bond donors (Lipinski definition) is 1. The number of aromatic nitrogens is 3. The quantitative estimate of drug-likeness (QED) is 0.822. The molecule has 1 aromatic heterocycles. The normalized spacial score (nSPS) is 10.1. The van der Waals surface area contributed by atoms with E-state index in [2.05, 4.69) is 44.8 Å². The third-order valence-corrected chi connectivity index (χ3v) is 3.27. The van der Waals surface area contributed by atoms with Gasteiger partial charge in [0.1, 0.15) is 0 Å². The van der Waals surface area contributed by atoms with Crippen LogP contribution >= 0.6 is 28.6 Å². The Morgan fingerprint density at radius 2 is 2.19 bits per heavy atom. The Bertz CT molecular complexity index is 585. The standard InChI is InChI=1S/C10H7BrN4S/c1-15-9(13-14-10(15)16)7-4-6(5-12)2-3-8(7)11/h2-4H,1H3,(H,14,16). The van der Waals surface area contributed by atoms with Crippen LogP contribution in [0, 0.1) is 11.3 Å². The molecule has 0 saturated carbocycles. The minimum absolute atomic E-state index is 0.532. The maximum Gasteiger partial charge on any atom is 0.188 e. The van der Waals surface area contributed by atoms with Crippen LogP contribution < -0.4 is 0 Å². The van der Waals surface area contributed by atoms with E-state index in [-0.39, 0.29) is 0 Å². The average molecular weight is 295 g/mol. The van der Waals surface area contributed by atoms with Crippen LogP contribution in [0.2, 0.25) is 0 Å². The fraction of sp³-hybridized carbons (Fsp3) is 0.100. The molecule has 2 aromatic rings. The van der Waals surface area contributed by atoms with Gasteiger partial charge in [-0.25, -0.2) is 0 Å². The van der Waals surface area contributed by atoms with Gasteiger partial charge in [0.05, 0.1) is 11.6 Å². The zero-order chi connectivity index (χ0) is 11.7. The van der Waals surface area contributed by atoms with E-state index < -0.39 is 0 Å². The van der Waals surface area contributed by atoms with Crippen LogP contribution in [0.1, 0.15) is 5.56 Å². The molecule has 1 heterocycles. The predicted octanol–water partition coefficient (Wildman–Crippen LogP) is 2.40. The Balaban J connectivity index is 2.64. The van der Waals surface area contributed by atoms with E-state index in [1.165, 1.54) is 0 Å². The first-order valence-electron chi connectivity index (χ1n) is 4.42. The molecule has 16 heavy (non-hydrogen) atoms. The highest BCUT2D eigenvalue weighted by Gasteiger charge is 2.12. The molecular weight excluding hydrogens is 288 g/mol. The fourth-order valence-electron chi connectivity index (χ4n) is 1.32. The van der Waals surface area contributed by atoms with Gasteiger partial charge in [-0.1, -0.05) is 15.9 Å². The molecule has 2 rings (SSSR count).